The zero-order valence-corrected chi connectivity index (χ0v) is 10.0. The number of allylic oxidation sites excluding steroid dienone is 2. The maximum Gasteiger partial charge on any atom is 0.428 e. The summed E-state index contributed by atoms with van der Waals surface area (Å²) in [6, 6.07) is 0. The number of nitrogens with zero attached hydrogens (tertiary/aromatic N) is 1. The van der Waals surface area contributed by atoms with Gasteiger partial charge < -0.3 is 10.6 Å². The predicted molar refractivity (Wildman–Crippen MR) is 61.6 cm³/mol. The van der Waals surface area contributed by atoms with Gasteiger partial charge in [0.15, 0.2) is 0 Å². The first-order chi connectivity index (χ1) is 8.09. The van der Waals surface area contributed by atoms with Crippen molar-refractivity contribution in [1.82, 2.24) is 5.06 Å². The number of carbonyl (C=O) groups excluding carboxylic acids is 2. The Morgan fingerprint density at radius 1 is 1.59 bits per heavy atom. The summed E-state index contributed by atoms with van der Waals surface area (Å²) in [5.41, 5.74) is 6.00. The minimum Gasteiger partial charge on any atom is -0.333 e. The van der Waals surface area contributed by atoms with Crippen molar-refractivity contribution >= 4 is 11.9 Å². The van der Waals surface area contributed by atoms with Gasteiger partial charge in [-0.25, -0.2) is 9.86 Å². The third-order valence-corrected chi connectivity index (χ3v) is 3.61. The van der Waals surface area contributed by atoms with Crippen LogP contribution in [0.15, 0.2) is 11.8 Å². The Balaban J connectivity index is 2.25. The second-order valence-electron chi connectivity index (χ2n) is 4.68. The van der Waals surface area contributed by atoms with E-state index in [1.54, 1.807) is 0 Å². The number of hydrogen-bond acceptors (Lipinski definition) is 4. The van der Waals surface area contributed by atoms with E-state index in [1.807, 2.05) is 6.92 Å². The molecule has 0 aromatic rings. The Bertz CT molecular complexity index is 365. The van der Waals surface area contributed by atoms with Gasteiger partial charge >= 0.3 is 6.09 Å². The Morgan fingerprint density at radius 3 is 3.06 bits per heavy atom. The van der Waals surface area contributed by atoms with Gasteiger partial charge in [-0.1, -0.05) is 13.0 Å². The number of Topliss-reactive ketones (excluding diaryl/α,β-unsaturated/α-hetero) is 1. The smallest absolute Gasteiger partial charge is 0.333 e. The van der Waals surface area contributed by atoms with Gasteiger partial charge in [0, 0.05) is 18.3 Å². The second-order valence-corrected chi connectivity index (χ2v) is 4.68. The van der Waals surface area contributed by atoms with E-state index in [2.05, 4.69) is 6.08 Å². The van der Waals surface area contributed by atoms with E-state index in [4.69, 9.17) is 10.6 Å². The SMILES string of the molecule is CC1C(=O)CCN(OC(N)=O)C2=CCCCC21. The number of rotatable bonds is 1. The van der Waals surface area contributed by atoms with Crippen molar-refractivity contribution < 1.29 is 14.4 Å². The molecule has 94 valence electrons. The van der Waals surface area contributed by atoms with Crippen molar-refractivity contribution in [3.63, 3.8) is 0 Å². The average Bonchev–Trinajstić information content (AvgIpc) is 2.42. The van der Waals surface area contributed by atoms with Crippen LogP contribution in [0, 0.1) is 11.8 Å². The highest BCUT2D eigenvalue weighted by molar-refractivity contribution is 5.82. The molecule has 2 rings (SSSR count). The first kappa shape index (κ1) is 12.0. The van der Waals surface area contributed by atoms with Gasteiger partial charge in [-0.15, -0.1) is 0 Å². The fourth-order valence-electron chi connectivity index (χ4n) is 2.68. The zero-order chi connectivity index (χ0) is 12.4. The summed E-state index contributed by atoms with van der Waals surface area (Å²) < 4.78 is 0. The van der Waals surface area contributed by atoms with E-state index in [0.29, 0.717) is 13.0 Å². The van der Waals surface area contributed by atoms with Gasteiger partial charge in [0.25, 0.3) is 0 Å². The molecule has 1 amide bonds. The van der Waals surface area contributed by atoms with Crippen LogP contribution in [0.5, 0.6) is 0 Å². The molecule has 1 saturated heterocycles. The third-order valence-electron chi connectivity index (χ3n) is 3.61. The molecule has 5 nitrogen and oxygen atoms in total. The average molecular weight is 238 g/mol. The summed E-state index contributed by atoms with van der Waals surface area (Å²) in [4.78, 5) is 27.7. The molecule has 0 radical (unpaired) electrons. The highest BCUT2D eigenvalue weighted by Gasteiger charge is 2.35. The van der Waals surface area contributed by atoms with Crippen molar-refractivity contribution in [2.75, 3.05) is 6.54 Å². The van der Waals surface area contributed by atoms with Crippen LogP contribution < -0.4 is 5.73 Å². The topological polar surface area (TPSA) is 72.6 Å². The van der Waals surface area contributed by atoms with Crippen LogP contribution in [-0.2, 0) is 9.63 Å². The molecule has 2 atom stereocenters. The molecule has 1 aliphatic heterocycles. The zero-order valence-electron chi connectivity index (χ0n) is 10.0. The quantitative estimate of drug-likeness (QED) is 0.753. The molecular formula is C12H18N2O3. The Kier molecular flexibility index (Phi) is 3.36. The summed E-state index contributed by atoms with van der Waals surface area (Å²) >= 11 is 0. The van der Waals surface area contributed by atoms with Crippen molar-refractivity contribution in [2.24, 2.45) is 17.6 Å². The lowest BCUT2D eigenvalue weighted by Gasteiger charge is -2.31. The van der Waals surface area contributed by atoms with Crippen LogP contribution in [0.3, 0.4) is 0 Å². The predicted octanol–water partition coefficient (Wildman–Crippen LogP) is 1.59. The lowest BCUT2D eigenvalue weighted by Crippen LogP contribution is -2.33. The minimum absolute atomic E-state index is 0.00280. The van der Waals surface area contributed by atoms with Crippen LogP contribution >= 0.6 is 0 Å². The van der Waals surface area contributed by atoms with Gasteiger partial charge in [0.1, 0.15) is 5.78 Å². The Hall–Kier alpha value is -1.52. The molecule has 5 heteroatoms. The second kappa shape index (κ2) is 4.77. The molecule has 0 bridgehead atoms. The molecule has 0 aromatic heterocycles. The van der Waals surface area contributed by atoms with Crippen molar-refractivity contribution in [1.29, 1.82) is 0 Å². The number of nitrogens with two attached hydrogens (primary N) is 1. The monoisotopic (exact) mass is 238 g/mol. The Morgan fingerprint density at radius 2 is 2.35 bits per heavy atom. The molecule has 1 fully saturated rings. The molecule has 17 heavy (non-hydrogen) atoms. The summed E-state index contributed by atoms with van der Waals surface area (Å²) in [5, 5.41) is 1.51. The van der Waals surface area contributed by atoms with Crippen LogP contribution in [0.4, 0.5) is 4.79 Å². The highest BCUT2D eigenvalue weighted by Crippen LogP contribution is 2.36. The normalized spacial score (nSPS) is 29.1. The van der Waals surface area contributed by atoms with E-state index in [1.165, 1.54) is 5.06 Å². The number of fused-ring (bicyclic) bond motifs is 1. The standard InChI is InChI=1S/C12H18N2O3/c1-8-9-4-2-3-5-10(9)14(17-12(13)16)7-6-11(8)15/h5,8-9H,2-4,6-7H2,1H3,(H2,13,16). The van der Waals surface area contributed by atoms with Crippen molar-refractivity contribution in [3.8, 4) is 0 Å². The third kappa shape index (κ3) is 2.43. The van der Waals surface area contributed by atoms with Crippen LogP contribution in [0.2, 0.25) is 0 Å². The molecule has 0 saturated carbocycles. The summed E-state index contributed by atoms with van der Waals surface area (Å²) in [5.74, 6) is 0.402. The summed E-state index contributed by atoms with van der Waals surface area (Å²) in [6.45, 7) is 2.37. The van der Waals surface area contributed by atoms with E-state index >= 15 is 0 Å². The van der Waals surface area contributed by atoms with Crippen molar-refractivity contribution in [2.45, 2.75) is 32.6 Å². The van der Waals surface area contributed by atoms with Crippen LogP contribution in [0.1, 0.15) is 32.6 Å². The molecule has 2 unspecified atom stereocenters. The number of amides is 1. The molecular weight excluding hydrogens is 220 g/mol. The van der Waals surface area contributed by atoms with E-state index in [-0.39, 0.29) is 17.6 Å². The summed E-state index contributed by atoms with van der Waals surface area (Å²) in [7, 11) is 0. The summed E-state index contributed by atoms with van der Waals surface area (Å²) in [6.07, 6.45) is 4.66. The van der Waals surface area contributed by atoms with Gasteiger partial charge in [0.05, 0.1) is 12.2 Å². The van der Waals surface area contributed by atoms with Gasteiger partial charge in [-0.05, 0) is 19.3 Å². The molecule has 0 spiro atoms. The van der Waals surface area contributed by atoms with E-state index in [0.717, 1.165) is 25.0 Å². The maximum atomic E-state index is 11.9. The highest BCUT2D eigenvalue weighted by atomic mass is 16.7. The first-order valence-electron chi connectivity index (χ1n) is 6.07. The first-order valence-corrected chi connectivity index (χ1v) is 6.07. The van der Waals surface area contributed by atoms with Gasteiger partial charge in [-0.3, -0.25) is 4.79 Å². The number of hydroxylamine groups is 2. The van der Waals surface area contributed by atoms with Crippen LogP contribution in [-0.4, -0.2) is 23.5 Å². The number of ketones is 1. The number of carbonyl (C=O) groups is 2. The molecule has 1 heterocycles. The number of primary amides is 1. The van der Waals surface area contributed by atoms with Gasteiger partial charge in [-0.2, -0.15) is 0 Å². The fraction of sp³-hybridized carbons (Fsp3) is 0.667. The fourth-order valence-corrected chi connectivity index (χ4v) is 2.68. The van der Waals surface area contributed by atoms with E-state index < -0.39 is 6.09 Å². The maximum absolute atomic E-state index is 11.9. The molecule has 2 aliphatic rings. The lowest BCUT2D eigenvalue weighted by atomic mass is 9.81. The van der Waals surface area contributed by atoms with E-state index in [9.17, 15) is 9.59 Å². The lowest BCUT2D eigenvalue weighted by molar-refractivity contribution is -0.123. The largest absolute Gasteiger partial charge is 0.428 e. The Labute approximate surface area is 101 Å². The van der Waals surface area contributed by atoms with Crippen LogP contribution in [0.25, 0.3) is 0 Å². The minimum atomic E-state index is -0.822. The van der Waals surface area contributed by atoms with Crippen molar-refractivity contribution in [3.05, 3.63) is 11.8 Å². The molecule has 1 aliphatic carbocycles. The van der Waals surface area contributed by atoms with Gasteiger partial charge in [0.2, 0.25) is 0 Å². The number of hydrogen-bond donors (Lipinski definition) is 1. The molecule has 2 N–H and O–H groups in total. The molecule has 0 aromatic carbocycles.